The monoisotopic (exact) mass is 526 g/mol. The Hall–Kier alpha value is -4.34. The summed E-state index contributed by atoms with van der Waals surface area (Å²) in [5, 5.41) is 0. The van der Waals surface area contributed by atoms with Gasteiger partial charge in [-0.05, 0) is 71.8 Å². The standard InChI is InChI=1S/C32H22N4.Zn/c1-3-7-21(8-4-1)31-27-15-11-23(33-27)19-25-13-17-29(35-25)32(22-9-5-2-6-10-22)30-18-14-26(36-30)20-24-12-16-28(31)34-24;/h1-20,33,35H;. The minimum absolute atomic E-state index is 0. The summed E-state index contributed by atoms with van der Waals surface area (Å²) in [6.45, 7) is 0. The number of aromatic nitrogens is 4. The van der Waals surface area contributed by atoms with E-state index in [-0.39, 0.29) is 19.5 Å². The van der Waals surface area contributed by atoms with Gasteiger partial charge in [-0.2, -0.15) is 0 Å². The van der Waals surface area contributed by atoms with Gasteiger partial charge in [0.1, 0.15) is 0 Å². The van der Waals surface area contributed by atoms with Gasteiger partial charge >= 0.3 is 0 Å². The van der Waals surface area contributed by atoms with Crippen LogP contribution in [-0.2, 0) is 19.5 Å². The third-order valence-electron chi connectivity index (χ3n) is 6.52. The van der Waals surface area contributed by atoms with Crippen LogP contribution in [0, 0.1) is 0 Å². The second kappa shape index (κ2) is 9.61. The fourth-order valence-electron chi connectivity index (χ4n) is 4.89. The number of fused-ring (bicyclic) bond motifs is 8. The molecule has 7 rings (SSSR count). The van der Waals surface area contributed by atoms with Gasteiger partial charge < -0.3 is 9.97 Å². The van der Waals surface area contributed by atoms with Crippen LogP contribution in [0.5, 0.6) is 0 Å². The first-order valence-electron chi connectivity index (χ1n) is 12.0. The van der Waals surface area contributed by atoms with Gasteiger partial charge in [0.15, 0.2) is 0 Å². The van der Waals surface area contributed by atoms with E-state index in [9.17, 15) is 0 Å². The Morgan fingerprint density at radius 1 is 0.459 bits per heavy atom. The molecule has 8 bridgehead atoms. The molecular weight excluding hydrogens is 506 g/mol. The number of rotatable bonds is 2. The van der Waals surface area contributed by atoms with E-state index < -0.39 is 0 Å². The minimum Gasteiger partial charge on any atom is -0.355 e. The van der Waals surface area contributed by atoms with Crippen LogP contribution in [0.2, 0.25) is 0 Å². The molecular formula is C32H22N4Zn. The van der Waals surface area contributed by atoms with E-state index in [0.29, 0.717) is 0 Å². The number of H-pyrrole nitrogens is 2. The van der Waals surface area contributed by atoms with Crippen LogP contribution < -0.4 is 0 Å². The number of hydrogen-bond donors (Lipinski definition) is 2. The molecule has 5 heterocycles. The second-order valence-corrected chi connectivity index (χ2v) is 8.94. The Bertz CT molecular complexity index is 1700. The van der Waals surface area contributed by atoms with Crippen molar-refractivity contribution in [1.82, 2.24) is 19.9 Å². The van der Waals surface area contributed by atoms with E-state index in [0.717, 1.165) is 67.1 Å². The van der Waals surface area contributed by atoms with E-state index in [1.807, 2.05) is 18.2 Å². The third kappa shape index (κ3) is 4.39. The van der Waals surface area contributed by atoms with E-state index in [2.05, 4.69) is 113 Å². The van der Waals surface area contributed by atoms with E-state index in [1.165, 1.54) is 0 Å². The van der Waals surface area contributed by atoms with E-state index >= 15 is 0 Å². The molecule has 2 aromatic carbocycles. The molecule has 4 nitrogen and oxygen atoms in total. The van der Waals surface area contributed by atoms with Gasteiger partial charge in [-0.25, -0.2) is 9.97 Å². The van der Waals surface area contributed by atoms with Gasteiger partial charge in [-0.1, -0.05) is 60.7 Å². The van der Waals surface area contributed by atoms with Crippen molar-refractivity contribution < 1.29 is 19.5 Å². The summed E-state index contributed by atoms with van der Waals surface area (Å²) in [5.41, 5.74) is 12.1. The fraction of sp³-hybridized carbons (Fsp3) is 0. The zero-order valence-corrected chi connectivity index (χ0v) is 23.1. The van der Waals surface area contributed by atoms with Gasteiger partial charge in [0.25, 0.3) is 0 Å². The van der Waals surface area contributed by atoms with Gasteiger partial charge in [-0.3, -0.25) is 0 Å². The summed E-state index contributed by atoms with van der Waals surface area (Å²) in [6, 6.07) is 33.4. The summed E-state index contributed by atoms with van der Waals surface area (Å²) in [6.07, 6.45) is 8.27. The molecule has 2 aliphatic rings. The SMILES string of the molecule is C1=Cc2nc1cc1nc(c(-c3ccccc3)c3ccc(cc4ccc([nH]4)c2-c2ccccc2)[nH]3)C=C1.[Zn]. The minimum atomic E-state index is 0. The first-order valence-corrected chi connectivity index (χ1v) is 12.0. The predicted molar refractivity (Wildman–Crippen MR) is 150 cm³/mol. The first-order chi connectivity index (χ1) is 17.8. The van der Waals surface area contributed by atoms with Crippen molar-refractivity contribution >= 4 is 46.4 Å². The van der Waals surface area contributed by atoms with Gasteiger partial charge in [0.05, 0.1) is 22.8 Å². The van der Waals surface area contributed by atoms with Crippen molar-refractivity contribution in [2.45, 2.75) is 0 Å². The average Bonchev–Trinajstić information content (AvgIpc) is 3.72. The number of hydrogen-bond acceptors (Lipinski definition) is 2. The van der Waals surface area contributed by atoms with Crippen LogP contribution in [0.4, 0.5) is 0 Å². The topological polar surface area (TPSA) is 57.4 Å². The summed E-state index contributed by atoms with van der Waals surface area (Å²) >= 11 is 0. The van der Waals surface area contributed by atoms with E-state index in [4.69, 9.17) is 9.97 Å². The van der Waals surface area contributed by atoms with Gasteiger partial charge in [0.2, 0.25) is 0 Å². The molecule has 2 aliphatic heterocycles. The Labute approximate surface area is 227 Å². The van der Waals surface area contributed by atoms with Crippen molar-refractivity contribution in [2.24, 2.45) is 0 Å². The first kappa shape index (κ1) is 23.1. The molecule has 3 aromatic heterocycles. The summed E-state index contributed by atoms with van der Waals surface area (Å²) < 4.78 is 0. The molecule has 172 valence electrons. The molecule has 37 heavy (non-hydrogen) atoms. The van der Waals surface area contributed by atoms with Gasteiger partial charge in [-0.15, -0.1) is 0 Å². The number of aromatic amines is 2. The molecule has 0 saturated carbocycles. The van der Waals surface area contributed by atoms with Gasteiger partial charge in [0, 0.05) is 52.7 Å². The number of benzene rings is 2. The zero-order valence-electron chi connectivity index (χ0n) is 20.1. The fourth-order valence-corrected chi connectivity index (χ4v) is 4.89. The molecule has 2 N–H and O–H groups in total. The number of nitrogens with one attached hydrogen (secondary N) is 2. The van der Waals surface area contributed by atoms with Crippen LogP contribution in [0.25, 0.3) is 68.6 Å². The Balaban J connectivity index is 0.00000252. The Morgan fingerprint density at radius 2 is 0.919 bits per heavy atom. The molecule has 0 aliphatic carbocycles. The maximum Gasteiger partial charge on any atom is 0.0736 e. The Kier molecular flexibility index (Phi) is 6.00. The van der Waals surface area contributed by atoms with Crippen molar-refractivity contribution in [3.8, 4) is 22.3 Å². The maximum absolute atomic E-state index is 4.98. The van der Waals surface area contributed by atoms with Crippen LogP contribution in [0.3, 0.4) is 0 Å². The van der Waals surface area contributed by atoms with Crippen molar-refractivity contribution in [2.75, 3.05) is 0 Å². The maximum atomic E-state index is 4.98. The quantitative estimate of drug-likeness (QED) is 0.224. The van der Waals surface area contributed by atoms with Crippen LogP contribution in [0.15, 0.2) is 97.1 Å². The second-order valence-electron chi connectivity index (χ2n) is 8.94. The Morgan fingerprint density at radius 3 is 1.38 bits per heavy atom. The largest absolute Gasteiger partial charge is 0.355 e. The van der Waals surface area contributed by atoms with Crippen molar-refractivity contribution in [3.63, 3.8) is 0 Å². The van der Waals surface area contributed by atoms with E-state index in [1.54, 1.807) is 0 Å². The summed E-state index contributed by atoms with van der Waals surface area (Å²) in [5.74, 6) is 0. The molecule has 0 saturated heterocycles. The van der Waals surface area contributed by atoms with Crippen LogP contribution in [-0.4, -0.2) is 19.9 Å². The molecule has 0 spiro atoms. The molecule has 0 unspecified atom stereocenters. The van der Waals surface area contributed by atoms with Crippen molar-refractivity contribution in [1.29, 1.82) is 0 Å². The molecule has 0 radical (unpaired) electrons. The molecule has 0 amide bonds. The molecule has 5 aromatic rings. The number of nitrogens with zero attached hydrogens (tertiary/aromatic N) is 2. The van der Waals surface area contributed by atoms with Crippen molar-refractivity contribution in [3.05, 3.63) is 120 Å². The smallest absolute Gasteiger partial charge is 0.0736 e. The average molecular weight is 528 g/mol. The van der Waals surface area contributed by atoms with Crippen LogP contribution >= 0.6 is 0 Å². The molecule has 0 fully saturated rings. The van der Waals surface area contributed by atoms with Crippen LogP contribution in [0.1, 0.15) is 22.8 Å². The molecule has 0 atom stereocenters. The summed E-state index contributed by atoms with van der Waals surface area (Å²) in [7, 11) is 0. The normalized spacial score (nSPS) is 11.9. The zero-order chi connectivity index (χ0) is 23.9. The predicted octanol–water partition coefficient (Wildman–Crippen LogP) is 7.99. The molecule has 5 heteroatoms. The third-order valence-corrected chi connectivity index (χ3v) is 6.52. The summed E-state index contributed by atoms with van der Waals surface area (Å²) in [4.78, 5) is 17.2.